The molecule has 0 saturated heterocycles. The van der Waals surface area contributed by atoms with E-state index in [1.54, 1.807) is 50.2 Å². The number of unbranched alkanes of at least 4 members (excludes halogenated alkanes) is 3. The van der Waals surface area contributed by atoms with E-state index >= 15 is 0 Å². The monoisotopic (exact) mass is 447 g/mol. The van der Waals surface area contributed by atoms with Gasteiger partial charge in [0.1, 0.15) is 0 Å². The van der Waals surface area contributed by atoms with Gasteiger partial charge < -0.3 is 15.7 Å². The van der Waals surface area contributed by atoms with Crippen LogP contribution in [0.4, 0.5) is 16.2 Å². The highest BCUT2D eigenvalue weighted by Gasteiger charge is 2.16. The summed E-state index contributed by atoms with van der Waals surface area (Å²) >= 11 is 0. The Kier molecular flexibility index (Phi) is 8.88. The normalized spacial score (nSPS) is 11.7. The van der Waals surface area contributed by atoms with Gasteiger partial charge in [-0.1, -0.05) is 38.3 Å². The van der Waals surface area contributed by atoms with Gasteiger partial charge in [0.05, 0.1) is 10.5 Å². The third-order valence-electron chi connectivity index (χ3n) is 4.58. The van der Waals surface area contributed by atoms with E-state index in [4.69, 9.17) is 0 Å². The summed E-state index contributed by atoms with van der Waals surface area (Å²) < 4.78 is 27.8. The Labute approximate surface area is 185 Å². The Hall–Kier alpha value is -2.58. The molecule has 0 atom stereocenters. The van der Waals surface area contributed by atoms with E-state index in [1.165, 1.54) is 12.1 Å². The first-order valence-electron chi connectivity index (χ1n) is 10.6. The van der Waals surface area contributed by atoms with Crippen LogP contribution in [0.25, 0.3) is 0 Å². The van der Waals surface area contributed by atoms with Gasteiger partial charge in [-0.2, -0.15) is 0 Å². The third kappa shape index (κ3) is 8.98. The number of aliphatic hydroxyl groups is 1. The molecule has 0 aliphatic rings. The minimum atomic E-state index is -3.76. The molecule has 0 fully saturated rings. The molecular weight excluding hydrogens is 414 g/mol. The summed E-state index contributed by atoms with van der Waals surface area (Å²) in [4.78, 5) is 12.0. The standard InChI is InChI=1S/C23H33N3O4S/c1-4-5-6-7-16-24-22(27)25-19-12-14-21(15-13-19)31(29,30)26-20-10-8-18(9-11-20)17-23(2,3)28/h8-15,26,28H,4-7,16-17H2,1-3H3,(H2,24,25,27). The molecular formula is C23H33N3O4S. The van der Waals surface area contributed by atoms with E-state index in [0.717, 1.165) is 31.2 Å². The zero-order valence-electron chi connectivity index (χ0n) is 18.4. The predicted molar refractivity (Wildman–Crippen MR) is 125 cm³/mol. The Balaban J connectivity index is 1.91. The maximum Gasteiger partial charge on any atom is 0.319 e. The second kappa shape index (κ2) is 11.2. The van der Waals surface area contributed by atoms with Crippen molar-refractivity contribution in [3.05, 3.63) is 54.1 Å². The van der Waals surface area contributed by atoms with E-state index in [0.29, 0.717) is 24.3 Å². The number of carbonyl (C=O) groups is 1. The summed E-state index contributed by atoms with van der Waals surface area (Å²) in [6.45, 7) is 6.19. The van der Waals surface area contributed by atoms with Crippen molar-refractivity contribution in [1.82, 2.24) is 5.32 Å². The molecule has 8 heteroatoms. The van der Waals surface area contributed by atoms with Crippen LogP contribution in [0.2, 0.25) is 0 Å². The largest absolute Gasteiger partial charge is 0.390 e. The van der Waals surface area contributed by atoms with Gasteiger partial charge >= 0.3 is 6.03 Å². The van der Waals surface area contributed by atoms with Crippen molar-refractivity contribution >= 4 is 27.4 Å². The second-order valence-electron chi connectivity index (χ2n) is 8.26. The topological polar surface area (TPSA) is 108 Å². The van der Waals surface area contributed by atoms with Crippen molar-refractivity contribution in [2.45, 2.75) is 63.4 Å². The minimum absolute atomic E-state index is 0.0959. The van der Waals surface area contributed by atoms with E-state index < -0.39 is 15.6 Å². The van der Waals surface area contributed by atoms with Crippen LogP contribution in [0.5, 0.6) is 0 Å². The molecule has 4 N–H and O–H groups in total. The van der Waals surface area contributed by atoms with Gasteiger partial charge in [-0.05, 0) is 62.2 Å². The zero-order chi connectivity index (χ0) is 22.9. The molecule has 0 aromatic heterocycles. The maximum absolute atomic E-state index is 12.6. The molecule has 0 saturated carbocycles. The van der Waals surface area contributed by atoms with Crippen molar-refractivity contribution in [3.8, 4) is 0 Å². The van der Waals surface area contributed by atoms with Crippen LogP contribution >= 0.6 is 0 Å². The summed E-state index contributed by atoms with van der Waals surface area (Å²) in [5.41, 5.74) is 1.03. The van der Waals surface area contributed by atoms with Crippen LogP contribution in [0.15, 0.2) is 53.4 Å². The average molecular weight is 448 g/mol. The molecule has 0 radical (unpaired) electrons. The van der Waals surface area contributed by atoms with Gasteiger partial charge in [0, 0.05) is 24.3 Å². The third-order valence-corrected chi connectivity index (χ3v) is 5.98. The fraction of sp³-hybridized carbons (Fsp3) is 0.435. The van der Waals surface area contributed by atoms with Gasteiger partial charge in [0.25, 0.3) is 10.0 Å². The molecule has 0 aliphatic carbocycles. The van der Waals surface area contributed by atoms with E-state index in [9.17, 15) is 18.3 Å². The number of nitrogens with one attached hydrogen (secondary N) is 3. The highest BCUT2D eigenvalue weighted by Crippen LogP contribution is 2.20. The lowest BCUT2D eigenvalue weighted by atomic mass is 9.99. The summed E-state index contributed by atoms with van der Waals surface area (Å²) in [6, 6.07) is 12.6. The Morgan fingerprint density at radius 3 is 2.13 bits per heavy atom. The van der Waals surface area contributed by atoms with Crippen LogP contribution in [0.1, 0.15) is 52.0 Å². The van der Waals surface area contributed by atoms with Gasteiger partial charge in [-0.3, -0.25) is 4.72 Å². The fourth-order valence-corrected chi connectivity index (χ4v) is 4.11. The first-order valence-corrected chi connectivity index (χ1v) is 12.1. The van der Waals surface area contributed by atoms with E-state index in [2.05, 4.69) is 22.3 Å². The molecule has 170 valence electrons. The number of sulfonamides is 1. The van der Waals surface area contributed by atoms with Gasteiger partial charge in [0.15, 0.2) is 0 Å². The van der Waals surface area contributed by atoms with Gasteiger partial charge in [0.2, 0.25) is 0 Å². The number of anilines is 2. The number of amides is 2. The van der Waals surface area contributed by atoms with E-state index in [1.807, 2.05) is 0 Å². The molecule has 2 aromatic carbocycles. The van der Waals surface area contributed by atoms with Crippen molar-refractivity contribution in [1.29, 1.82) is 0 Å². The van der Waals surface area contributed by atoms with Crippen molar-refractivity contribution in [2.24, 2.45) is 0 Å². The summed E-state index contributed by atoms with van der Waals surface area (Å²) in [7, 11) is -3.76. The van der Waals surface area contributed by atoms with Crippen molar-refractivity contribution in [3.63, 3.8) is 0 Å². The number of benzene rings is 2. The minimum Gasteiger partial charge on any atom is -0.390 e. The Morgan fingerprint density at radius 2 is 1.55 bits per heavy atom. The van der Waals surface area contributed by atoms with Crippen LogP contribution in [0.3, 0.4) is 0 Å². The highest BCUT2D eigenvalue weighted by atomic mass is 32.2. The van der Waals surface area contributed by atoms with Crippen molar-refractivity contribution in [2.75, 3.05) is 16.6 Å². The van der Waals surface area contributed by atoms with Crippen LogP contribution < -0.4 is 15.4 Å². The van der Waals surface area contributed by atoms with Crippen molar-refractivity contribution < 1.29 is 18.3 Å². The molecule has 2 amide bonds. The lowest BCUT2D eigenvalue weighted by molar-refractivity contribution is 0.0810. The summed E-state index contributed by atoms with van der Waals surface area (Å²) in [5, 5.41) is 15.4. The van der Waals surface area contributed by atoms with E-state index in [-0.39, 0.29) is 10.9 Å². The molecule has 7 nitrogen and oxygen atoms in total. The Bertz CT molecular complexity index is 934. The molecule has 0 heterocycles. The smallest absolute Gasteiger partial charge is 0.319 e. The van der Waals surface area contributed by atoms with Gasteiger partial charge in [-0.25, -0.2) is 13.2 Å². The lowest BCUT2D eigenvalue weighted by Gasteiger charge is -2.17. The average Bonchev–Trinajstić information content (AvgIpc) is 2.68. The molecule has 0 unspecified atom stereocenters. The summed E-state index contributed by atoms with van der Waals surface area (Å²) in [5.74, 6) is 0. The first-order chi connectivity index (χ1) is 14.6. The number of urea groups is 1. The number of rotatable bonds is 11. The summed E-state index contributed by atoms with van der Waals surface area (Å²) in [6.07, 6.45) is 4.78. The molecule has 0 spiro atoms. The maximum atomic E-state index is 12.6. The fourth-order valence-electron chi connectivity index (χ4n) is 3.05. The van der Waals surface area contributed by atoms with Gasteiger partial charge in [-0.15, -0.1) is 0 Å². The molecule has 0 bridgehead atoms. The molecule has 0 aliphatic heterocycles. The lowest BCUT2D eigenvalue weighted by Crippen LogP contribution is -2.29. The molecule has 2 rings (SSSR count). The number of hydrogen-bond acceptors (Lipinski definition) is 4. The Morgan fingerprint density at radius 1 is 0.935 bits per heavy atom. The van der Waals surface area contributed by atoms with Crippen LogP contribution in [-0.2, 0) is 16.4 Å². The quantitative estimate of drug-likeness (QED) is 0.380. The SMILES string of the molecule is CCCCCCNC(=O)Nc1ccc(S(=O)(=O)Nc2ccc(CC(C)(C)O)cc2)cc1. The zero-order valence-corrected chi connectivity index (χ0v) is 19.3. The molecule has 31 heavy (non-hydrogen) atoms. The first kappa shape index (κ1) is 24.7. The number of hydrogen-bond donors (Lipinski definition) is 4. The highest BCUT2D eigenvalue weighted by molar-refractivity contribution is 7.92. The van der Waals surface area contributed by atoms with Crippen LogP contribution in [-0.4, -0.2) is 31.7 Å². The second-order valence-corrected chi connectivity index (χ2v) is 9.94. The molecule has 2 aromatic rings. The number of carbonyl (C=O) groups excluding carboxylic acids is 1. The predicted octanol–water partition coefficient (Wildman–Crippen LogP) is 4.50. The van der Waals surface area contributed by atoms with Crippen LogP contribution in [0, 0.1) is 0 Å².